The van der Waals surface area contributed by atoms with Gasteiger partial charge in [-0.1, -0.05) is 53.5 Å². The van der Waals surface area contributed by atoms with Crippen LogP contribution in [0.1, 0.15) is 29.3 Å². The van der Waals surface area contributed by atoms with Crippen molar-refractivity contribution in [1.29, 1.82) is 0 Å². The molecule has 3 heteroatoms. The smallest absolute Gasteiger partial charge is 0.200 e. The van der Waals surface area contributed by atoms with Crippen molar-refractivity contribution >= 4 is 21.7 Å². The second-order valence-corrected chi connectivity index (χ2v) is 5.53. The van der Waals surface area contributed by atoms with Crippen molar-refractivity contribution in [3.63, 3.8) is 0 Å². The molecule has 0 heterocycles. The summed E-state index contributed by atoms with van der Waals surface area (Å²) in [4.78, 5) is 12.0. The van der Waals surface area contributed by atoms with E-state index in [1.54, 1.807) is 12.1 Å². The highest BCUT2D eigenvalue weighted by Crippen LogP contribution is 2.15. The Morgan fingerprint density at radius 2 is 1.90 bits per heavy atom. The fourth-order valence-electron chi connectivity index (χ4n) is 1.94. The summed E-state index contributed by atoms with van der Waals surface area (Å²) in [5.41, 5.74) is 1.94. The largest absolute Gasteiger partial charge is 0.485 e. The molecule has 0 saturated heterocycles. The summed E-state index contributed by atoms with van der Waals surface area (Å²) >= 11 is 3.36. The number of halogens is 1. The molecule has 0 aliphatic carbocycles. The van der Waals surface area contributed by atoms with Crippen molar-refractivity contribution in [1.82, 2.24) is 0 Å². The van der Waals surface area contributed by atoms with Crippen LogP contribution >= 0.6 is 15.9 Å². The van der Waals surface area contributed by atoms with Crippen LogP contribution in [0.5, 0.6) is 5.75 Å². The van der Waals surface area contributed by atoms with E-state index >= 15 is 0 Å². The first-order valence-corrected chi connectivity index (χ1v) is 7.49. The lowest BCUT2D eigenvalue weighted by Gasteiger charge is -2.07. The molecule has 0 unspecified atom stereocenters. The van der Waals surface area contributed by atoms with Gasteiger partial charge in [-0.2, -0.15) is 0 Å². The molecule has 0 aromatic heterocycles. The first-order valence-electron chi connectivity index (χ1n) is 6.69. The third-order valence-corrected chi connectivity index (χ3v) is 3.47. The highest BCUT2D eigenvalue weighted by Gasteiger charge is 2.07. The molecule has 0 radical (unpaired) electrons. The number of benzene rings is 2. The zero-order chi connectivity index (χ0) is 14.4. The first-order chi connectivity index (χ1) is 9.69. The van der Waals surface area contributed by atoms with Crippen LogP contribution in [0.2, 0.25) is 0 Å². The zero-order valence-electron chi connectivity index (χ0n) is 11.4. The molecule has 0 atom stereocenters. The summed E-state index contributed by atoms with van der Waals surface area (Å²) < 4.78 is 6.43. The Bertz CT molecular complexity index is 576. The second-order valence-electron chi connectivity index (χ2n) is 4.62. The summed E-state index contributed by atoms with van der Waals surface area (Å²) in [6.07, 6.45) is 2.19. The molecule has 0 N–H and O–H groups in total. The monoisotopic (exact) mass is 332 g/mol. The molecule has 104 valence electrons. The van der Waals surface area contributed by atoms with E-state index < -0.39 is 0 Å². The first kappa shape index (κ1) is 14.8. The molecule has 2 aromatic carbocycles. The number of ether oxygens (including phenoxy) is 1. The molecule has 2 rings (SSSR count). The van der Waals surface area contributed by atoms with E-state index in [1.807, 2.05) is 36.4 Å². The number of ketones is 1. The van der Waals surface area contributed by atoms with Crippen molar-refractivity contribution in [2.24, 2.45) is 0 Å². The van der Waals surface area contributed by atoms with Gasteiger partial charge in [0, 0.05) is 10.0 Å². The van der Waals surface area contributed by atoms with E-state index in [9.17, 15) is 4.79 Å². The molecular weight excluding hydrogens is 316 g/mol. The predicted octanol–water partition coefficient (Wildman–Crippen LogP) is 4.66. The Morgan fingerprint density at radius 1 is 1.15 bits per heavy atom. The molecule has 0 bridgehead atoms. The molecule has 20 heavy (non-hydrogen) atoms. The van der Waals surface area contributed by atoms with E-state index in [0.717, 1.165) is 23.1 Å². The third kappa shape index (κ3) is 4.20. The maximum Gasteiger partial charge on any atom is 0.200 e. The molecule has 2 nitrogen and oxygen atoms in total. The third-order valence-electron chi connectivity index (χ3n) is 2.98. The van der Waals surface area contributed by atoms with Crippen molar-refractivity contribution in [3.05, 3.63) is 64.1 Å². The van der Waals surface area contributed by atoms with Crippen LogP contribution in [0.25, 0.3) is 0 Å². The SMILES string of the molecule is CCCc1ccc(OCC(=O)c2cccc(Br)c2)cc1. The number of Topliss-reactive ketones (excluding diaryl/α,β-unsaturated/α-hetero) is 1. The number of aryl methyl sites for hydroxylation is 1. The van der Waals surface area contributed by atoms with Crippen LogP contribution in [0.3, 0.4) is 0 Å². The quantitative estimate of drug-likeness (QED) is 0.719. The summed E-state index contributed by atoms with van der Waals surface area (Å²) in [6, 6.07) is 15.3. The van der Waals surface area contributed by atoms with Gasteiger partial charge in [0.2, 0.25) is 0 Å². The van der Waals surface area contributed by atoms with E-state index in [2.05, 4.69) is 22.9 Å². The lowest BCUT2D eigenvalue weighted by Crippen LogP contribution is -2.11. The molecule has 0 saturated carbocycles. The lowest BCUT2D eigenvalue weighted by molar-refractivity contribution is 0.0921. The normalized spacial score (nSPS) is 10.3. The minimum absolute atomic E-state index is 0.0241. The second kappa shape index (κ2) is 7.25. The summed E-state index contributed by atoms with van der Waals surface area (Å²) in [5.74, 6) is 0.706. The van der Waals surface area contributed by atoms with Gasteiger partial charge in [0.1, 0.15) is 5.75 Å². The van der Waals surface area contributed by atoms with Crippen LogP contribution in [0, 0.1) is 0 Å². The maximum absolute atomic E-state index is 12.0. The molecule has 0 spiro atoms. The molecule has 0 aliphatic heterocycles. The van der Waals surface area contributed by atoms with Crippen LogP contribution < -0.4 is 4.74 Å². The number of hydrogen-bond acceptors (Lipinski definition) is 2. The molecular formula is C17H17BrO2. The Hall–Kier alpha value is -1.61. The highest BCUT2D eigenvalue weighted by molar-refractivity contribution is 9.10. The van der Waals surface area contributed by atoms with Crippen LogP contribution in [0.4, 0.5) is 0 Å². The van der Waals surface area contributed by atoms with Gasteiger partial charge in [-0.3, -0.25) is 4.79 Å². The molecule has 0 aliphatic rings. The Balaban J connectivity index is 1.93. The van der Waals surface area contributed by atoms with Crippen molar-refractivity contribution in [3.8, 4) is 5.75 Å². The van der Waals surface area contributed by atoms with Gasteiger partial charge in [-0.05, 0) is 36.2 Å². The van der Waals surface area contributed by atoms with Gasteiger partial charge in [-0.25, -0.2) is 0 Å². The van der Waals surface area contributed by atoms with Gasteiger partial charge in [0.25, 0.3) is 0 Å². The zero-order valence-corrected chi connectivity index (χ0v) is 13.0. The van der Waals surface area contributed by atoms with E-state index in [-0.39, 0.29) is 12.4 Å². The fourth-order valence-corrected chi connectivity index (χ4v) is 2.33. The number of carbonyl (C=O) groups is 1. The van der Waals surface area contributed by atoms with Gasteiger partial charge in [-0.15, -0.1) is 0 Å². The number of rotatable bonds is 6. The van der Waals surface area contributed by atoms with Crippen molar-refractivity contribution in [2.75, 3.05) is 6.61 Å². The van der Waals surface area contributed by atoms with Gasteiger partial charge in [0.15, 0.2) is 12.4 Å². The lowest BCUT2D eigenvalue weighted by atomic mass is 10.1. The minimum Gasteiger partial charge on any atom is -0.485 e. The van der Waals surface area contributed by atoms with Gasteiger partial charge in [0.05, 0.1) is 0 Å². The topological polar surface area (TPSA) is 26.3 Å². The fraction of sp³-hybridized carbons (Fsp3) is 0.235. The predicted molar refractivity (Wildman–Crippen MR) is 84.4 cm³/mol. The van der Waals surface area contributed by atoms with Gasteiger partial charge >= 0.3 is 0 Å². The summed E-state index contributed by atoms with van der Waals surface area (Å²) in [7, 11) is 0. The van der Waals surface area contributed by atoms with Crippen molar-refractivity contribution < 1.29 is 9.53 Å². The standard InChI is InChI=1S/C17H17BrO2/c1-2-4-13-7-9-16(10-8-13)20-12-17(19)14-5-3-6-15(18)11-14/h3,5-11H,2,4,12H2,1H3. The van der Waals surface area contributed by atoms with Crippen LogP contribution in [-0.2, 0) is 6.42 Å². The Labute approximate surface area is 127 Å². The highest BCUT2D eigenvalue weighted by atomic mass is 79.9. The Morgan fingerprint density at radius 3 is 2.55 bits per heavy atom. The van der Waals surface area contributed by atoms with Crippen molar-refractivity contribution in [2.45, 2.75) is 19.8 Å². The van der Waals surface area contributed by atoms with E-state index in [4.69, 9.17) is 4.74 Å². The molecule has 0 amide bonds. The summed E-state index contributed by atoms with van der Waals surface area (Å²) in [5, 5.41) is 0. The maximum atomic E-state index is 12.0. The number of hydrogen-bond donors (Lipinski definition) is 0. The summed E-state index contributed by atoms with van der Waals surface area (Å²) in [6.45, 7) is 2.21. The van der Waals surface area contributed by atoms with E-state index in [0.29, 0.717) is 5.56 Å². The average Bonchev–Trinajstić information content (AvgIpc) is 2.46. The number of carbonyl (C=O) groups excluding carboxylic acids is 1. The van der Waals surface area contributed by atoms with Gasteiger partial charge < -0.3 is 4.74 Å². The van der Waals surface area contributed by atoms with Crippen LogP contribution in [0.15, 0.2) is 53.0 Å². The molecule has 0 fully saturated rings. The average molecular weight is 333 g/mol. The minimum atomic E-state index is -0.0241. The van der Waals surface area contributed by atoms with Crippen LogP contribution in [-0.4, -0.2) is 12.4 Å². The van der Waals surface area contributed by atoms with E-state index in [1.165, 1.54) is 5.56 Å². The Kier molecular flexibility index (Phi) is 5.36. The molecule has 2 aromatic rings.